The number of furan rings is 1. The lowest BCUT2D eigenvalue weighted by atomic mass is 9.58. The van der Waals surface area contributed by atoms with Gasteiger partial charge in [-0.2, -0.15) is 0 Å². The fourth-order valence-electron chi connectivity index (χ4n) is 5.42. The molecular formula is C23H30O3. The zero-order valence-corrected chi connectivity index (χ0v) is 16.9. The first kappa shape index (κ1) is 17.5. The summed E-state index contributed by atoms with van der Waals surface area (Å²) in [4.78, 5) is 0. The predicted octanol–water partition coefficient (Wildman–Crippen LogP) is 6.35. The highest BCUT2D eigenvalue weighted by Crippen LogP contribution is 2.57. The van der Waals surface area contributed by atoms with Crippen molar-refractivity contribution in [3.63, 3.8) is 0 Å². The van der Waals surface area contributed by atoms with Crippen molar-refractivity contribution in [2.24, 2.45) is 5.41 Å². The average molecular weight is 354 g/mol. The Morgan fingerprint density at radius 3 is 2.42 bits per heavy atom. The molecule has 140 valence electrons. The molecule has 1 heterocycles. The summed E-state index contributed by atoms with van der Waals surface area (Å²) in [5, 5.41) is 1.18. The molecule has 2 aliphatic carbocycles. The van der Waals surface area contributed by atoms with Gasteiger partial charge in [0, 0.05) is 28.3 Å². The lowest BCUT2D eigenvalue weighted by Crippen LogP contribution is -2.37. The van der Waals surface area contributed by atoms with Gasteiger partial charge in [0.25, 0.3) is 0 Å². The molecule has 0 N–H and O–H groups in total. The van der Waals surface area contributed by atoms with Gasteiger partial charge >= 0.3 is 0 Å². The molecule has 1 fully saturated rings. The van der Waals surface area contributed by atoms with Crippen molar-refractivity contribution in [2.45, 2.75) is 64.7 Å². The molecule has 0 bridgehead atoms. The van der Waals surface area contributed by atoms with E-state index in [1.54, 1.807) is 19.8 Å². The van der Waals surface area contributed by atoms with E-state index in [-0.39, 0.29) is 10.8 Å². The molecule has 3 heteroatoms. The van der Waals surface area contributed by atoms with E-state index in [4.69, 9.17) is 13.9 Å². The zero-order chi connectivity index (χ0) is 18.7. The van der Waals surface area contributed by atoms with Crippen molar-refractivity contribution in [3.05, 3.63) is 35.1 Å². The van der Waals surface area contributed by atoms with Gasteiger partial charge < -0.3 is 13.9 Å². The monoisotopic (exact) mass is 354 g/mol. The molecule has 1 saturated carbocycles. The molecule has 3 nitrogen and oxygen atoms in total. The first-order valence-electron chi connectivity index (χ1n) is 9.72. The summed E-state index contributed by atoms with van der Waals surface area (Å²) in [5.74, 6) is 3.01. The summed E-state index contributed by atoms with van der Waals surface area (Å²) in [7, 11) is 3.37. The molecule has 2 aliphatic rings. The van der Waals surface area contributed by atoms with Crippen molar-refractivity contribution >= 4 is 11.0 Å². The van der Waals surface area contributed by atoms with Crippen LogP contribution in [0.15, 0.2) is 28.2 Å². The summed E-state index contributed by atoms with van der Waals surface area (Å²) in [5.41, 5.74) is 4.11. The second kappa shape index (κ2) is 5.80. The van der Waals surface area contributed by atoms with Gasteiger partial charge in [-0.1, -0.05) is 45.8 Å². The highest BCUT2D eigenvalue weighted by molar-refractivity contribution is 5.88. The molecule has 1 aromatic carbocycles. The van der Waals surface area contributed by atoms with Crippen molar-refractivity contribution in [2.75, 3.05) is 14.2 Å². The van der Waals surface area contributed by atoms with Crippen molar-refractivity contribution in [1.82, 2.24) is 0 Å². The Labute approximate surface area is 156 Å². The second-order valence-corrected chi connectivity index (χ2v) is 8.87. The minimum atomic E-state index is 0.0205. The zero-order valence-electron chi connectivity index (χ0n) is 16.9. The van der Waals surface area contributed by atoms with Crippen LogP contribution in [0.1, 0.15) is 70.6 Å². The van der Waals surface area contributed by atoms with E-state index < -0.39 is 0 Å². The smallest absolute Gasteiger partial charge is 0.164 e. The van der Waals surface area contributed by atoms with Crippen molar-refractivity contribution in [1.29, 1.82) is 0 Å². The van der Waals surface area contributed by atoms with Gasteiger partial charge in [-0.15, -0.1) is 0 Å². The van der Waals surface area contributed by atoms with E-state index >= 15 is 0 Å². The molecule has 26 heavy (non-hydrogen) atoms. The van der Waals surface area contributed by atoms with Gasteiger partial charge in [0.15, 0.2) is 11.5 Å². The fourth-order valence-corrected chi connectivity index (χ4v) is 5.42. The summed E-state index contributed by atoms with van der Waals surface area (Å²) >= 11 is 0. The Bertz CT molecular complexity index is 886. The molecule has 0 aliphatic heterocycles. The predicted molar refractivity (Wildman–Crippen MR) is 105 cm³/mol. The molecule has 0 unspecified atom stereocenters. The maximum atomic E-state index is 6.44. The summed E-state index contributed by atoms with van der Waals surface area (Å²) in [6.45, 7) is 9.50. The van der Waals surface area contributed by atoms with Gasteiger partial charge in [0.2, 0.25) is 0 Å². The number of allylic oxidation sites excluding steroid dienone is 2. The van der Waals surface area contributed by atoms with E-state index in [0.717, 1.165) is 29.3 Å². The first-order valence-corrected chi connectivity index (χ1v) is 9.72. The fraction of sp³-hybridized carbons (Fsp3) is 0.565. The second-order valence-electron chi connectivity index (χ2n) is 8.87. The van der Waals surface area contributed by atoms with Crippen LogP contribution in [0, 0.1) is 5.41 Å². The third kappa shape index (κ3) is 2.32. The van der Waals surface area contributed by atoms with Crippen molar-refractivity contribution in [3.8, 4) is 11.5 Å². The van der Waals surface area contributed by atoms with Gasteiger partial charge in [-0.3, -0.25) is 0 Å². The lowest BCUT2D eigenvalue weighted by Gasteiger charge is -2.46. The Morgan fingerprint density at radius 2 is 1.73 bits per heavy atom. The van der Waals surface area contributed by atoms with Gasteiger partial charge in [-0.25, -0.2) is 0 Å². The van der Waals surface area contributed by atoms with Crippen LogP contribution in [-0.2, 0) is 5.41 Å². The highest BCUT2D eigenvalue weighted by Gasteiger charge is 2.47. The normalized spacial score (nSPS) is 27.3. The Balaban J connectivity index is 2.04. The first-order chi connectivity index (χ1) is 12.3. The number of methoxy groups -OCH3 is 2. The molecule has 4 rings (SSSR count). The van der Waals surface area contributed by atoms with Crippen molar-refractivity contribution < 1.29 is 13.9 Å². The number of fused-ring (bicyclic) bond motifs is 5. The molecule has 0 radical (unpaired) electrons. The standard InChI is InChI=1S/C23H30O3/c1-14-8-9-19-22(2,3)10-7-11-23(19,4)20-15-12-17(24-5)18(25-6)13-16(15)26-21(14)20/h9,12-14H,7-8,10-11H2,1-6H3/t14-,23+/m1/s1. The van der Waals surface area contributed by atoms with E-state index in [1.807, 2.05) is 6.07 Å². The third-order valence-electron chi connectivity index (χ3n) is 6.70. The van der Waals surface area contributed by atoms with Crippen LogP contribution in [-0.4, -0.2) is 14.2 Å². The lowest BCUT2D eigenvalue weighted by molar-refractivity contribution is 0.258. The minimum absolute atomic E-state index is 0.0205. The van der Waals surface area contributed by atoms with Gasteiger partial charge in [-0.05, 0) is 30.7 Å². The number of hydrogen-bond acceptors (Lipinski definition) is 3. The largest absolute Gasteiger partial charge is 0.493 e. The van der Waals surface area contributed by atoms with Crippen LogP contribution in [0.4, 0.5) is 0 Å². The SMILES string of the molecule is COc1cc2oc3c(c2cc1OC)[C@@]1(C)CCCC(C)(C)C1=CC[C@H]3C. The minimum Gasteiger partial charge on any atom is -0.493 e. The Hall–Kier alpha value is -1.90. The van der Waals surface area contributed by atoms with Crippen LogP contribution in [0.25, 0.3) is 11.0 Å². The molecular weight excluding hydrogens is 324 g/mol. The van der Waals surface area contributed by atoms with Crippen LogP contribution < -0.4 is 9.47 Å². The molecule has 0 spiro atoms. The molecule has 1 aromatic heterocycles. The topological polar surface area (TPSA) is 31.6 Å². The Kier molecular flexibility index (Phi) is 3.91. The third-order valence-corrected chi connectivity index (χ3v) is 6.70. The van der Waals surface area contributed by atoms with E-state index in [2.05, 4.69) is 39.8 Å². The quantitative estimate of drug-likeness (QED) is 0.589. The number of benzene rings is 1. The van der Waals surface area contributed by atoms with E-state index in [1.165, 1.54) is 30.2 Å². The maximum absolute atomic E-state index is 6.44. The summed E-state index contributed by atoms with van der Waals surface area (Å²) in [6.07, 6.45) is 7.21. The molecule has 2 atom stereocenters. The van der Waals surface area contributed by atoms with Crippen LogP contribution in [0.2, 0.25) is 0 Å². The number of ether oxygens (including phenoxy) is 2. The maximum Gasteiger partial charge on any atom is 0.164 e. The average Bonchev–Trinajstić information content (AvgIpc) is 2.93. The van der Waals surface area contributed by atoms with E-state index in [9.17, 15) is 0 Å². The van der Waals surface area contributed by atoms with Gasteiger partial charge in [0.1, 0.15) is 11.3 Å². The van der Waals surface area contributed by atoms with Crippen LogP contribution >= 0.6 is 0 Å². The molecule has 0 amide bonds. The summed E-state index contributed by atoms with van der Waals surface area (Å²) in [6, 6.07) is 4.09. The van der Waals surface area contributed by atoms with E-state index in [0.29, 0.717) is 5.92 Å². The Morgan fingerprint density at radius 1 is 1.04 bits per heavy atom. The summed E-state index contributed by atoms with van der Waals surface area (Å²) < 4.78 is 17.5. The molecule has 2 aromatic rings. The number of hydrogen-bond donors (Lipinski definition) is 0. The van der Waals surface area contributed by atoms with Gasteiger partial charge in [0.05, 0.1) is 14.2 Å². The molecule has 0 saturated heterocycles. The number of rotatable bonds is 2. The van der Waals surface area contributed by atoms with Crippen LogP contribution in [0.3, 0.4) is 0 Å². The van der Waals surface area contributed by atoms with Crippen LogP contribution in [0.5, 0.6) is 11.5 Å². The highest BCUT2D eigenvalue weighted by atomic mass is 16.5.